The van der Waals surface area contributed by atoms with Gasteiger partial charge in [0, 0.05) is 18.1 Å². The zero-order chi connectivity index (χ0) is 24.7. The van der Waals surface area contributed by atoms with Gasteiger partial charge in [0.1, 0.15) is 17.8 Å². The van der Waals surface area contributed by atoms with Crippen LogP contribution in [0.3, 0.4) is 0 Å². The van der Waals surface area contributed by atoms with Gasteiger partial charge in [0.2, 0.25) is 5.91 Å². The summed E-state index contributed by atoms with van der Waals surface area (Å²) in [5.74, 6) is 0.203. The summed E-state index contributed by atoms with van der Waals surface area (Å²) in [5, 5.41) is 3.48. The Hall–Kier alpha value is -4.59. The van der Waals surface area contributed by atoms with Crippen molar-refractivity contribution in [2.75, 3.05) is 12.4 Å². The molecule has 1 amide bonds. The quantitative estimate of drug-likeness (QED) is 0.427. The van der Waals surface area contributed by atoms with Gasteiger partial charge < -0.3 is 14.6 Å². The van der Waals surface area contributed by atoms with Crippen LogP contribution in [-0.2, 0) is 18.4 Å². The maximum absolute atomic E-state index is 13.8. The van der Waals surface area contributed by atoms with Crippen molar-refractivity contribution in [3.8, 4) is 11.4 Å². The van der Waals surface area contributed by atoms with Gasteiger partial charge in [0.25, 0.3) is 5.56 Å². The van der Waals surface area contributed by atoms with Crippen LogP contribution >= 0.6 is 0 Å². The third-order valence-electron chi connectivity index (χ3n) is 6.10. The molecular formula is C27H24N4O4. The van der Waals surface area contributed by atoms with Crippen LogP contribution in [-0.4, -0.2) is 26.7 Å². The number of hydrogen-bond acceptors (Lipinski definition) is 4. The zero-order valence-corrected chi connectivity index (χ0v) is 19.6. The fourth-order valence-corrected chi connectivity index (χ4v) is 4.47. The second-order valence-corrected chi connectivity index (χ2v) is 8.40. The molecule has 8 heteroatoms. The van der Waals surface area contributed by atoms with Gasteiger partial charge in [0.05, 0.1) is 23.8 Å². The summed E-state index contributed by atoms with van der Waals surface area (Å²) in [6, 6.07) is 21.6. The SMILES string of the molecule is COc1ccc2c(c1)c1c(c(=O)n(-c3cccc(C)c3)c(=O)n1CC(=O)Nc1ccccc1)n2C. The van der Waals surface area contributed by atoms with E-state index in [1.54, 1.807) is 61.2 Å². The summed E-state index contributed by atoms with van der Waals surface area (Å²) in [5.41, 5.74) is 2.39. The molecule has 2 heterocycles. The molecule has 0 aliphatic carbocycles. The summed E-state index contributed by atoms with van der Waals surface area (Å²) in [7, 11) is 3.33. The van der Waals surface area contributed by atoms with Crippen LogP contribution in [0.1, 0.15) is 5.56 Å². The van der Waals surface area contributed by atoms with Crippen molar-refractivity contribution in [1.82, 2.24) is 13.7 Å². The van der Waals surface area contributed by atoms with E-state index in [1.807, 2.05) is 37.3 Å². The molecule has 5 aromatic rings. The largest absolute Gasteiger partial charge is 0.497 e. The highest BCUT2D eigenvalue weighted by Gasteiger charge is 2.23. The molecule has 2 aromatic heterocycles. The molecule has 0 saturated heterocycles. The molecular weight excluding hydrogens is 444 g/mol. The minimum Gasteiger partial charge on any atom is -0.497 e. The number of anilines is 1. The van der Waals surface area contributed by atoms with Gasteiger partial charge in [-0.2, -0.15) is 0 Å². The molecule has 0 saturated carbocycles. The normalized spacial score (nSPS) is 11.2. The lowest BCUT2D eigenvalue weighted by atomic mass is 10.2. The van der Waals surface area contributed by atoms with Gasteiger partial charge in [-0.05, 0) is 55.0 Å². The Morgan fingerprint density at radius 3 is 2.43 bits per heavy atom. The number of aromatic nitrogens is 3. The van der Waals surface area contributed by atoms with Gasteiger partial charge in [-0.1, -0.05) is 30.3 Å². The van der Waals surface area contributed by atoms with Gasteiger partial charge >= 0.3 is 5.69 Å². The van der Waals surface area contributed by atoms with Gasteiger partial charge in [-0.3, -0.25) is 14.2 Å². The molecule has 0 atom stereocenters. The van der Waals surface area contributed by atoms with Crippen LogP contribution in [0.4, 0.5) is 5.69 Å². The highest BCUT2D eigenvalue weighted by molar-refractivity contribution is 6.07. The standard InChI is InChI=1S/C27H24N4O4/c1-17-8-7-11-19(14-17)31-26(33)25-24(21-15-20(35-3)12-13-22(21)29(25)2)30(27(31)34)16-23(32)28-18-9-5-4-6-10-18/h4-15H,16H2,1-3H3,(H,28,32). The van der Waals surface area contributed by atoms with Crippen molar-refractivity contribution < 1.29 is 9.53 Å². The number of hydrogen-bond donors (Lipinski definition) is 1. The first-order chi connectivity index (χ1) is 16.9. The molecule has 5 rings (SSSR count). The monoisotopic (exact) mass is 468 g/mol. The van der Waals surface area contributed by atoms with Crippen LogP contribution in [0.2, 0.25) is 0 Å². The second-order valence-electron chi connectivity index (χ2n) is 8.40. The number of fused-ring (bicyclic) bond motifs is 3. The van der Waals surface area contributed by atoms with Crippen LogP contribution < -0.4 is 21.3 Å². The Balaban J connectivity index is 1.82. The minimum atomic E-state index is -0.591. The number of ether oxygens (including phenoxy) is 1. The molecule has 0 aliphatic heterocycles. The van der Waals surface area contributed by atoms with Crippen LogP contribution in [0, 0.1) is 6.92 Å². The highest BCUT2D eigenvalue weighted by Crippen LogP contribution is 2.29. The van der Waals surface area contributed by atoms with E-state index in [2.05, 4.69) is 5.32 Å². The fourth-order valence-electron chi connectivity index (χ4n) is 4.47. The summed E-state index contributed by atoms with van der Waals surface area (Å²) in [6.45, 7) is 1.62. The molecule has 35 heavy (non-hydrogen) atoms. The fraction of sp³-hybridized carbons (Fsp3) is 0.148. The summed E-state index contributed by atoms with van der Waals surface area (Å²) < 4.78 is 9.63. The number of nitrogens with one attached hydrogen (secondary N) is 1. The first kappa shape index (κ1) is 22.2. The van der Waals surface area contributed by atoms with E-state index in [-0.39, 0.29) is 12.5 Å². The van der Waals surface area contributed by atoms with Gasteiger partial charge in [-0.15, -0.1) is 0 Å². The summed E-state index contributed by atoms with van der Waals surface area (Å²) in [6.07, 6.45) is 0. The van der Waals surface area contributed by atoms with E-state index >= 15 is 0 Å². The lowest BCUT2D eigenvalue weighted by molar-refractivity contribution is -0.116. The predicted molar refractivity (Wildman–Crippen MR) is 137 cm³/mol. The van der Waals surface area contributed by atoms with Crippen LogP contribution in [0.15, 0.2) is 82.4 Å². The average molecular weight is 469 g/mol. The molecule has 8 nitrogen and oxygen atoms in total. The van der Waals surface area contributed by atoms with Crippen LogP contribution in [0.25, 0.3) is 27.6 Å². The second kappa shape index (κ2) is 8.64. The summed E-state index contributed by atoms with van der Waals surface area (Å²) >= 11 is 0. The van der Waals surface area contributed by atoms with Gasteiger partial charge in [0.15, 0.2) is 0 Å². The van der Waals surface area contributed by atoms with E-state index in [9.17, 15) is 14.4 Å². The van der Waals surface area contributed by atoms with E-state index in [4.69, 9.17) is 4.74 Å². The number of rotatable bonds is 5. The van der Waals surface area contributed by atoms with E-state index in [1.165, 1.54) is 4.57 Å². The molecule has 3 aromatic carbocycles. The van der Waals surface area contributed by atoms with Crippen molar-refractivity contribution in [3.63, 3.8) is 0 Å². The average Bonchev–Trinajstić information content (AvgIpc) is 3.14. The first-order valence-electron chi connectivity index (χ1n) is 11.1. The van der Waals surface area contributed by atoms with Crippen molar-refractivity contribution in [1.29, 1.82) is 0 Å². The molecule has 1 N–H and O–H groups in total. The number of nitrogens with zero attached hydrogens (tertiary/aromatic N) is 3. The number of methoxy groups -OCH3 is 1. The maximum Gasteiger partial charge on any atom is 0.336 e. The molecule has 0 unspecified atom stereocenters. The molecule has 0 radical (unpaired) electrons. The van der Waals surface area contributed by atoms with Gasteiger partial charge in [-0.25, -0.2) is 9.36 Å². The Labute approximate surface area is 200 Å². The highest BCUT2D eigenvalue weighted by atomic mass is 16.5. The Morgan fingerprint density at radius 2 is 1.71 bits per heavy atom. The zero-order valence-electron chi connectivity index (χ0n) is 19.6. The third kappa shape index (κ3) is 3.78. The number of para-hydroxylation sites is 1. The Morgan fingerprint density at radius 1 is 0.943 bits per heavy atom. The van der Waals surface area contributed by atoms with E-state index in [0.717, 1.165) is 15.6 Å². The molecule has 0 aliphatic rings. The first-order valence-corrected chi connectivity index (χ1v) is 11.1. The van der Waals surface area contributed by atoms with Crippen LogP contribution in [0.5, 0.6) is 5.75 Å². The van der Waals surface area contributed by atoms with Crippen molar-refractivity contribution in [2.45, 2.75) is 13.5 Å². The number of benzene rings is 3. The Kier molecular flexibility index (Phi) is 5.49. The lowest BCUT2D eigenvalue weighted by Crippen LogP contribution is -2.41. The predicted octanol–water partition coefficient (Wildman–Crippen LogP) is 3.60. The Bertz CT molecular complexity index is 1710. The number of aryl methyl sites for hydroxylation is 2. The topological polar surface area (TPSA) is 87.3 Å². The third-order valence-corrected chi connectivity index (χ3v) is 6.10. The maximum atomic E-state index is 13.8. The number of carbonyl (C=O) groups excluding carboxylic acids is 1. The molecule has 0 fully saturated rings. The summed E-state index contributed by atoms with van der Waals surface area (Å²) in [4.78, 5) is 40.6. The van der Waals surface area contributed by atoms with Crippen molar-refractivity contribution in [3.05, 3.63) is 99.2 Å². The molecule has 0 spiro atoms. The van der Waals surface area contributed by atoms with E-state index < -0.39 is 11.2 Å². The van der Waals surface area contributed by atoms with E-state index in [0.29, 0.717) is 33.5 Å². The molecule has 0 bridgehead atoms. The smallest absolute Gasteiger partial charge is 0.336 e. The number of carbonyl (C=O) groups is 1. The van der Waals surface area contributed by atoms with Crippen molar-refractivity contribution >= 4 is 33.5 Å². The molecule has 176 valence electrons. The van der Waals surface area contributed by atoms with Crippen molar-refractivity contribution in [2.24, 2.45) is 7.05 Å². The minimum absolute atomic E-state index is 0.271. The number of amides is 1. The lowest BCUT2D eigenvalue weighted by Gasteiger charge is -2.14.